The Morgan fingerprint density at radius 3 is 2.57 bits per heavy atom. The Balaban J connectivity index is 2.16. The van der Waals surface area contributed by atoms with Crippen molar-refractivity contribution in [3.05, 3.63) is 0 Å². The Morgan fingerprint density at radius 1 is 1.86 bits per heavy atom. The van der Waals surface area contributed by atoms with Crippen LogP contribution in [0.15, 0.2) is 0 Å². The zero-order valence-electron chi connectivity index (χ0n) is 4.36. The Labute approximate surface area is 52.2 Å². The van der Waals surface area contributed by atoms with Crippen molar-refractivity contribution in [3.8, 4) is 0 Å². The molecular weight excluding hydrogens is 156 g/mol. The van der Waals surface area contributed by atoms with Crippen molar-refractivity contribution in [2.75, 3.05) is 11.9 Å². The van der Waals surface area contributed by atoms with Crippen LogP contribution in [0.1, 0.15) is 6.92 Å². The number of alkyl halides is 1. The van der Waals surface area contributed by atoms with Crippen LogP contribution >= 0.6 is 15.9 Å². The lowest BCUT2D eigenvalue weighted by molar-refractivity contribution is -0.0900. The topological polar surface area (TPSA) is 9.23 Å². The fourth-order valence-electron chi connectivity index (χ4n) is 0.621. The van der Waals surface area contributed by atoms with Crippen LogP contribution in [0, 0.1) is 5.92 Å². The smallest absolute Gasteiger partial charge is 0.0719 e. The van der Waals surface area contributed by atoms with Gasteiger partial charge < -0.3 is 4.74 Å². The highest BCUT2D eigenvalue weighted by Gasteiger charge is 2.25. The van der Waals surface area contributed by atoms with E-state index in [0.717, 1.165) is 17.9 Å². The first-order valence-electron chi connectivity index (χ1n) is 2.52. The largest absolute Gasteiger partial charge is 0.377 e. The summed E-state index contributed by atoms with van der Waals surface area (Å²) in [6, 6.07) is 0. The molecule has 1 nitrogen and oxygen atoms in total. The van der Waals surface area contributed by atoms with Gasteiger partial charge in [0.25, 0.3) is 0 Å². The van der Waals surface area contributed by atoms with Crippen LogP contribution in [0.2, 0.25) is 0 Å². The first-order chi connectivity index (χ1) is 3.34. The van der Waals surface area contributed by atoms with Crippen LogP contribution in [0.4, 0.5) is 0 Å². The second-order valence-electron chi connectivity index (χ2n) is 2.00. The van der Waals surface area contributed by atoms with Gasteiger partial charge in [0.05, 0.1) is 12.7 Å². The predicted molar refractivity (Wildman–Crippen MR) is 32.7 cm³/mol. The van der Waals surface area contributed by atoms with Gasteiger partial charge in [-0.25, -0.2) is 0 Å². The van der Waals surface area contributed by atoms with E-state index in [1.807, 2.05) is 0 Å². The molecule has 2 heteroatoms. The molecule has 0 N–H and O–H groups in total. The van der Waals surface area contributed by atoms with E-state index in [1.54, 1.807) is 0 Å². The fourth-order valence-corrected chi connectivity index (χ4v) is 1.45. The van der Waals surface area contributed by atoms with Crippen molar-refractivity contribution in [2.45, 2.75) is 13.0 Å². The van der Waals surface area contributed by atoms with Gasteiger partial charge in [0.1, 0.15) is 0 Å². The molecule has 0 amide bonds. The molecule has 0 spiro atoms. The molecule has 2 unspecified atom stereocenters. The summed E-state index contributed by atoms with van der Waals surface area (Å²) in [6.45, 7) is 3.16. The van der Waals surface area contributed by atoms with E-state index >= 15 is 0 Å². The molecule has 1 rings (SSSR count). The number of hydrogen-bond donors (Lipinski definition) is 0. The van der Waals surface area contributed by atoms with Gasteiger partial charge >= 0.3 is 0 Å². The van der Waals surface area contributed by atoms with E-state index in [1.165, 1.54) is 0 Å². The first kappa shape index (κ1) is 5.57. The first-order valence-corrected chi connectivity index (χ1v) is 3.64. The van der Waals surface area contributed by atoms with Crippen LogP contribution in [-0.2, 0) is 4.74 Å². The number of hydrogen-bond acceptors (Lipinski definition) is 1. The lowest BCUT2D eigenvalue weighted by Gasteiger charge is -2.32. The normalized spacial score (nSPS) is 40.3. The minimum absolute atomic E-state index is 0.500. The molecule has 1 saturated heterocycles. The summed E-state index contributed by atoms with van der Waals surface area (Å²) < 4.78 is 5.15. The van der Waals surface area contributed by atoms with E-state index in [4.69, 9.17) is 4.74 Å². The molecule has 2 atom stereocenters. The molecule has 1 fully saturated rings. The monoisotopic (exact) mass is 164 g/mol. The van der Waals surface area contributed by atoms with Crippen molar-refractivity contribution in [3.63, 3.8) is 0 Å². The van der Waals surface area contributed by atoms with Gasteiger partial charge in [0.2, 0.25) is 0 Å². The minimum Gasteiger partial charge on any atom is -0.377 e. The van der Waals surface area contributed by atoms with E-state index in [-0.39, 0.29) is 0 Å². The van der Waals surface area contributed by atoms with Crippen molar-refractivity contribution in [1.82, 2.24) is 0 Å². The van der Waals surface area contributed by atoms with Gasteiger partial charge in [-0.1, -0.05) is 22.9 Å². The molecule has 1 aliphatic rings. The number of ether oxygens (including phenoxy) is 1. The molecule has 0 saturated carbocycles. The van der Waals surface area contributed by atoms with E-state index in [9.17, 15) is 0 Å². The third kappa shape index (κ3) is 0.970. The summed E-state index contributed by atoms with van der Waals surface area (Å²) in [5.74, 6) is 0.777. The van der Waals surface area contributed by atoms with Gasteiger partial charge in [-0.2, -0.15) is 0 Å². The van der Waals surface area contributed by atoms with Gasteiger partial charge in [-0.05, 0) is 0 Å². The second-order valence-corrected chi connectivity index (χ2v) is 2.65. The molecule has 1 heterocycles. The van der Waals surface area contributed by atoms with Crippen LogP contribution in [0.25, 0.3) is 0 Å². The number of rotatable bonds is 1. The highest BCUT2D eigenvalue weighted by molar-refractivity contribution is 9.09. The maximum atomic E-state index is 5.15. The SMILES string of the molecule is CC1COC1CBr. The highest BCUT2D eigenvalue weighted by Crippen LogP contribution is 2.20. The van der Waals surface area contributed by atoms with Crippen molar-refractivity contribution >= 4 is 15.9 Å². The lowest BCUT2D eigenvalue weighted by atomic mass is 10.0. The Bertz CT molecular complexity index is 63.1. The number of halogens is 1. The lowest BCUT2D eigenvalue weighted by Crippen LogP contribution is -2.38. The van der Waals surface area contributed by atoms with Crippen molar-refractivity contribution in [2.24, 2.45) is 5.92 Å². The molecule has 0 radical (unpaired) electrons. The summed E-state index contributed by atoms with van der Waals surface area (Å²) >= 11 is 3.34. The van der Waals surface area contributed by atoms with E-state index in [2.05, 4.69) is 22.9 Å². The molecular formula is C5H9BrO. The Morgan fingerprint density at radius 2 is 2.57 bits per heavy atom. The minimum atomic E-state index is 0.500. The standard InChI is InChI=1S/C5H9BrO/c1-4-3-7-5(4)2-6/h4-5H,2-3H2,1H3. The average molecular weight is 165 g/mol. The zero-order valence-corrected chi connectivity index (χ0v) is 5.94. The molecule has 0 aromatic rings. The summed E-state index contributed by atoms with van der Waals surface area (Å²) in [5.41, 5.74) is 0. The Hall–Kier alpha value is 0.440. The quantitative estimate of drug-likeness (QED) is 0.534. The van der Waals surface area contributed by atoms with Crippen molar-refractivity contribution in [1.29, 1.82) is 0 Å². The van der Waals surface area contributed by atoms with Crippen LogP contribution in [0.5, 0.6) is 0 Å². The van der Waals surface area contributed by atoms with Gasteiger partial charge in [-0.15, -0.1) is 0 Å². The van der Waals surface area contributed by atoms with Crippen LogP contribution in [0.3, 0.4) is 0 Å². The van der Waals surface area contributed by atoms with Gasteiger partial charge in [-0.3, -0.25) is 0 Å². The molecule has 0 bridgehead atoms. The molecule has 0 aromatic carbocycles. The molecule has 7 heavy (non-hydrogen) atoms. The third-order valence-corrected chi connectivity index (χ3v) is 2.00. The van der Waals surface area contributed by atoms with E-state index in [0.29, 0.717) is 6.10 Å². The van der Waals surface area contributed by atoms with Crippen LogP contribution in [-0.4, -0.2) is 18.0 Å². The Kier molecular flexibility index (Phi) is 1.70. The second kappa shape index (κ2) is 2.14. The maximum absolute atomic E-state index is 5.15. The van der Waals surface area contributed by atoms with Gasteiger partial charge in [0, 0.05) is 11.2 Å². The average Bonchev–Trinajstić information content (AvgIpc) is 1.65. The third-order valence-electron chi connectivity index (χ3n) is 1.36. The highest BCUT2D eigenvalue weighted by atomic mass is 79.9. The zero-order chi connectivity index (χ0) is 5.28. The molecule has 1 aliphatic heterocycles. The molecule has 42 valence electrons. The molecule has 0 aromatic heterocycles. The predicted octanol–water partition coefficient (Wildman–Crippen LogP) is 1.42. The molecule has 0 aliphatic carbocycles. The summed E-state index contributed by atoms with van der Waals surface area (Å²) in [7, 11) is 0. The van der Waals surface area contributed by atoms with Gasteiger partial charge in [0.15, 0.2) is 0 Å². The summed E-state index contributed by atoms with van der Waals surface area (Å²) in [5, 5.41) is 0.994. The fraction of sp³-hybridized carbons (Fsp3) is 1.00. The van der Waals surface area contributed by atoms with E-state index < -0.39 is 0 Å². The summed E-state index contributed by atoms with van der Waals surface area (Å²) in [6.07, 6.45) is 0.500. The summed E-state index contributed by atoms with van der Waals surface area (Å²) in [4.78, 5) is 0. The van der Waals surface area contributed by atoms with Crippen molar-refractivity contribution < 1.29 is 4.74 Å². The maximum Gasteiger partial charge on any atom is 0.0719 e. The van der Waals surface area contributed by atoms with Crippen LogP contribution < -0.4 is 0 Å².